The predicted molar refractivity (Wildman–Crippen MR) is 113 cm³/mol. The fourth-order valence-electron chi connectivity index (χ4n) is 2.99. The Labute approximate surface area is 165 Å². The van der Waals surface area contributed by atoms with Gasteiger partial charge in [0.25, 0.3) is 0 Å². The van der Waals surface area contributed by atoms with Crippen LogP contribution in [0.4, 0.5) is 5.82 Å². The Morgan fingerprint density at radius 2 is 2.11 bits per heavy atom. The van der Waals surface area contributed by atoms with Crippen molar-refractivity contribution in [1.82, 2.24) is 14.5 Å². The number of nitrogens with two attached hydrogens (primary N) is 1. The minimum Gasteiger partial charge on any atom is -0.382 e. The van der Waals surface area contributed by atoms with Gasteiger partial charge in [0.1, 0.15) is 24.6 Å². The molecule has 0 amide bonds. The molecule has 1 unspecified atom stereocenters. The fourth-order valence-corrected chi connectivity index (χ4v) is 2.99. The van der Waals surface area contributed by atoms with E-state index < -0.39 is 0 Å². The topological polar surface area (TPSA) is 75.2 Å². The Bertz CT molecular complexity index is 1030. The second-order valence-electron chi connectivity index (χ2n) is 6.43. The Hall–Kier alpha value is -2.88. The highest BCUT2D eigenvalue weighted by Gasteiger charge is 2.17. The van der Waals surface area contributed by atoms with Gasteiger partial charge in [-0.1, -0.05) is 36.1 Å². The number of imidazole rings is 1. The van der Waals surface area contributed by atoms with Gasteiger partial charge in [0.2, 0.25) is 0 Å². The molecule has 0 saturated carbocycles. The highest BCUT2D eigenvalue weighted by atomic mass is 16.5. The minimum absolute atomic E-state index is 0.167. The van der Waals surface area contributed by atoms with Gasteiger partial charge in [-0.25, -0.2) is 9.97 Å². The summed E-state index contributed by atoms with van der Waals surface area (Å²) in [5.74, 6) is 7.50. The summed E-state index contributed by atoms with van der Waals surface area (Å²) in [5, 5.41) is 1.02. The lowest BCUT2D eigenvalue weighted by atomic mass is 10.2. The Morgan fingerprint density at radius 3 is 2.89 bits per heavy atom. The molecular weight excluding hydrogens is 352 g/mol. The van der Waals surface area contributed by atoms with Crippen LogP contribution in [0.1, 0.15) is 19.7 Å². The lowest BCUT2D eigenvalue weighted by Gasteiger charge is -2.11. The van der Waals surface area contributed by atoms with Crippen LogP contribution in [0.15, 0.2) is 36.9 Å². The number of ether oxygens (including phenoxy) is 2. The molecule has 2 aromatic heterocycles. The highest BCUT2D eigenvalue weighted by Crippen LogP contribution is 2.28. The molecule has 2 N–H and O–H groups in total. The minimum atomic E-state index is 0.167. The lowest BCUT2D eigenvalue weighted by Crippen LogP contribution is -2.11. The number of aromatic nitrogens is 3. The Morgan fingerprint density at radius 1 is 1.29 bits per heavy atom. The maximum atomic E-state index is 6.18. The van der Waals surface area contributed by atoms with Gasteiger partial charge >= 0.3 is 0 Å². The molecule has 3 rings (SSSR count). The highest BCUT2D eigenvalue weighted by molar-refractivity contribution is 6.06. The second-order valence-corrected chi connectivity index (χ2v) is 6.43. The van der Waals surface area contributed by atoms with Gasteiger partial charge in [0.05, 0.1) is 17.6 Å². The first-order valence-electron chi connectivity index (χ1n) is 9.45. The largest absolute Gasteiger partial charge is 0.382 e. The number of nitrogen functional groups attached to an aromatic ring is 1. The number of hydrogen-bond acceptors (Lipinski definition) is 5. The van der Waals surface area contributed by atoms with Crippen molar-refractivity contribution in [1.29, 1.82) is 0 Å². The van der Waals surface area contributed by atoms with Crippen LogP contribution in [0, 0.1) is 17.8 Å². The number of benzene rings is 1. The normalized spacial score (nSPS) is 12.1. The molecule has 0 aliphatic rings. The van der Waals surface area contributed by atoms with E-state index in [0.717, 1.165) is 22.2 Å². The maximum Gasteiger partial charge on any atom is 0.152 e. The summed E-state index contributed by atoms with van der Waals surface area (Å²) in [5.41, 5.74) is 8.70. The molecule has 1 aromatic carbocycles. The SMILES string of the molecule is C=CC(C)C#CCOCCn1c(COCC)nc2c(N)nc3ccccc3c21. The summed E-state index contributed by atoms with van der Waals surface area (Å²) in [7, 11) is 0. The first kappa shape index (κ1) is 19.9. The second kappa shape index (κ2) is 9.36. The van der Waals surface area contributed by atoms with E-state index in [2.05, 4.69) is 28.0 Å². The number of nitrogens with zero attached hydrogens (tertiary/aromatic N) is 3. The molecule has 0 bridgehead atoms. The van der Waals surface area contributed by atoms with Gasteiger partial charge in [-0.3, -0.25) is 0 Å². The lowest BCUT2D eigenvalue weighted by molar-refractivity contribution is 0.121. The van der Waals surface area contributed by atoms with Crippen LogP contribution in [-0.4, -0.2) is 34.4 Å². The Kier molecular flexibility index (Phi) is 6.64. The van der Waals surface area contributed by atoms with E-state index in [1.54, 1.807) is 0 Å². The first-order chi connectivity index (χ1) is 13.7. The summed E-state index contributed by atoms with van der Waals surface area (Å²) in [4.78, 5) is 9.19. The van der Waals surface area contributed by atoms with Crippen LogP contribution in [-0.2, 0) is 22.6 Å². The average Bonchev–Trinajstić information content (AvgIpc) is 3.08. The molecule has 146 valence electrons. The molecule has 0 saturated heterocycles. The Balaban J connectivity index is 1.89. The molecule has 0 fully saturated rings. The molecule has 0 radical (unpaired) electrons. The van der Waals surface area contributed by atoms with Gasteiger partial charge in [-0.05, 0) is 19.9 Å². The zero-order chi connectivity index (χ0) is 19.9. The van der Waals surface area contributed by atoms with Crippen molar-refractivity contribution < 1.29 is 9.47 Å². The molecule has 28 heavy (non-hydrogen) atoms. The number of pyridine rings is 1. The molecule has 0 spiro atoms. The van der Waals surface area contributed by atoms with Gasteiger partial charge in [0, 0.05) is 24.5 Å². The number of fused-ring (bicyclic) bond motifs is 3. The zero-order valence-corrected chi connectivity index (χ0v) is 16.4. The third kappa shape index (κ3) is 4.33. The fraction of sp³-hybridized carbons (Fsp3) is 0.364. The third-order valence-electron chi connectivity index (χ3n) is 4.44. The molecule has 6 nitrogen and oxygen atoms in total. The van der Waals surface area contributed by atoms with Crippen LogP contribution >= 0.6 is 0 Å². The number of para-hydroxylation sites is 1. The van der Waals surface area contributed by atoms with Crippen molar-refractivity contribution in [3.63, 3.8) is 0 Å². The van der Waals surface area contributed by atoms with Gasteiger partial charge in [0.15, 0.2) is 5.82 Å². The third-order valence-corrected chi connectivity index (χ3v) is 4.44. The van der Waals surface area contributed by atoms with Crippen LogP contribution in [0.2, 0.25) is 0 Å². The van der Waals surface area contributed by atoms with E-state index in [1.807, 2.05) is 44.2 Å². The van der Waals surface area contributed by atoms with Gasteiger partial charge in [-0.2, -0.15) is 0 Å². The molecule has 6 heteroatoms. The molecule has 1 atom stereocenters. The first-order valence-corrected chi connectivity index (χ1v) is 9.45. The summed E-state index contributed by atoms with van der Waals surface area (Å²) in [6, 6.07) is 7.94. The number of hydrogen-bond donors (Lipinski definition) is 1. The van der Waals surface area contributed by atoms with Crippen molar-refractivity contribution >= 4 is 27.8 Å². The van der Waals surface area contributed by atoms with E-state index in [9.17, 15) is 0 Å². The van der Waals surface area contributed by atoms with Crippen molar-refractivity contribution in [2.75, 3.05) is 25.6 Å². The van der Waals surface area contributed by atoms with Crippen LogP contribution in [0.3, 0.4) is 0 Å². The number of rotatable bonds is 8. The summed E-state index contributed by atoms with van der Waals surface area (Å²) >= 11 is 0. The van der Waals surface area contributed by atoms with Crippen molar-refractivity contribution in [3.05, 3.63) is 42.7 Å². The summed E-state index contributed by atoms with van der Waals surface area (Å²) in [6.07, 6.45) is 1.81. The van der Waals surface area contributed by atoms with E-state index in [4.69, 9.17) is 20.2 Å². The molecule has 2 heterocycles. The zero-order valence-electron chi connectivity index (χ0n) is 16.4. The number of anilines is 1. The van der Waals surface area contributed by atoms with Crippen molar-refractivity contribution in [3.8, 4) is 11.8 Å². The smallest absolute Gasteiger partial charge is 0.152 e. The summed E-state index contributed by atoms with van der Waals surface area (Å²) < 4.78 is 13.4. The average molecular weight is 378 g/mol. The molecule has 3 aromatic rings. The number of allylic oxidation sites excluding steroid dienone is 1. The van der Waals surface area contributed by atoms with E-state index >= 15 is 0 Å². The predicted octanol–water partition coefficient (Wildman–Crippen LogP) is 3.55. The molecule has 0 aliphatic heterocycles. The van der Waals surface area contributed by atoms with E-state index in [1.165, 1.54) is 0 Å². The van der Waals surface area contributed by atoms with Gasteiger partial charge in [-0.15, -0.1) is 6.58 Å². The monoisotopic (exact) mass is 378 g/mol. The van der Waals surface area contributed by atoms with Crippen molar-refractivity contribution in [2.24, 2.45) is 5.92 Å². The van der Waals surface area contributed by atoms with Gasteiger partial charge < -0.3 is 19.8 Å². The molecular formula is C22H26N4O2. The quantitative estimate of drug-likeness (QED) is 0.369. The molecule has 0 aliphatic carbocycles. The van der Waals surface area contributed by atoms with Crippen molar-refractivity contribution in [2.45, 2.75) is 27.0 Å². The van der Waals surface area contributed by atoms with Crippen LogP contribution < -0.4 is 5.73 Å². The van der Waals surface area contributed by atoms with E-state index in [-0.39, 0.29) is 5.92 Å². The summed E-state index contributed by atoms with van der Waals surface area (Å²) in [6.45, 7) is 10.2. The van der Waals surface area contributed by atoms with E-state index in [0.29, 0.717) is 44.3 Å². The maximum absolute atomic E-state index is 6.18. The van der Waals surface area contributed by atoms with Crippen LogP contribution in [0.25, 0.3) is 21.9 Å². The van der Waals surface area contributed by atoms with Crippen LogP contribution in [0.5, 0.6) is 0 Å². The standard InChI is InChI=1S/C22H26N4O2/c1-4-16(3)9-8-13-28-14-12-26-19(15-27-5-2)25-20-21(26)17-10-6-7-11-18(17)24-22(20)23/h4,6-7,10-11,16H,1,5,12-15H2,2-3H3,(H2,23,24).